The van der Waals surface area contributed by atoms with Crippen LogP contribution in [0.15, 0.2) is 42.7 Å². The van der Waals surface area contributed by atoms with Crippen LogP contribution >= 0.6 is 0 Å². The number of hydrogen-bond acceptors (Lipinski definition) is 3. The highest BCUT2D eigenvalue weighted by Gasteiger charge is 2.19. The highest BCUT2D eigenvalue weighted by molar-refractivity contribution is 5.93. The van der Waals surface area contributed by atoms with Crippen LogP contribution in [-0.2, 0) is 0 Å². The monoisotopic (exact) mass is 307 g/mol. The molecule has 3 heterocycles. The van der Waals surface area contributed by atoms with Crippen molar-refractivity contribution >= 4 is 11.0 Å². The number of rotatable bonds is 3. The molecule has 1 fully saturated rings. The summed E-state index contributed by atoms with van der Waals surface area (Å²) in [5, 5.41) is 4.57. The lowest BCUT2D eigenvalue weighted by Gasteiger charge is -2.25. The fourth-order valence-corrected chi connectivity index (χ4v) is 3.56. The first-order valence-corrected chi connectivity index (χ1v) is 8.18. The molecule has 4 heteroatoms. The van der Waals surface area contributed by atoms with E-state index in [0.29, 0.717) is 5.92 Å². The van der Waals surface area contributed by atoms with Crippen molar-refractivity contribution in [2.75, 3.05) is 20.2 Å². The number of fused-ring (bicyclic) bond motifs is 1. The average Bonchev–Trinajstić information content (AvgIpc) is 3.10. The van der Waals surface area contributed by atoms with Crippen molar-refractivity contribution in [1.82, 2.24) is 15.3 Å². The Hall–Kier alpha value is -2.33. The molecular formula is C19H21N3O. The Morgan fingerprint density at radius 1 is 1.13 bits per heavy atom. The first kappa shape index (κ1) is 14.3. The van der Waals surface area contributed by atoms with Gasteiger partial charge in [-0.15, -0.1) is 0 Å². The Morgan fingerprint density at radius 2 is 2.00 bits per heavy atom. The van der Waals surface area contributed by atoms with Crippen LogP contribution in [0.4, 0.5) is 0 Å². The first-order chi connectivity index (χ1) is 11.4. The number of aromatic nitrogens is 2. The van der Waals surface area contributed by atoms with E-state index in [-0.39, 0.29) is 0 Å². The van der Waals surface area contributed by atoms with E-state index < -0.39 is 0 Å². The third-order valence-corrected chi connectivity index (χ3v) is 4.78. The quantitative estimate of drug-likeness (QED) is 0.775. The maximum absolute atomic E-state index is 5.71. The minimum absolute atomic E-state index is 0.588. The van der Waals surface area contributed by atoms with Gasteiger partial charge in [-0.2, -0.15) is 0 Å². The molecule has 1 aliphatic heterocycles. The molecule has 0 spiro atoms. The van der Waals surface area contributed by atoms with Crippen molar-refractivity contribution in [3.8, 4) is 16.9 Å². The summed E-state index contributed by atoms with van der Waals surface area (Å²) >= 11 is 0. The zero-order chi connectivity index (χ0) is 15.6. The second kappa shape index (κ2) is 6.05. The molecule has 0 unspecified atom stereocenters. The van der Waals surface area contributed by atoms with E-state index in [2.05, 4.69) is 45.6 Å². The number of methoxy groups -OCH3 is 1. The molecule has 23 heavy (non-hydrogen) atoms. The van der Waals surface area contributed by atoms with E-state index in [1.807, 2.05) is 12.4 Å². The minimum atomic E-state index is 0.588. The SMILES string of the molecule is COc1cc(-c2ccnc3[nH]ccc23)ccc1C1CCNCC1. The smallest absolute Gasteiger partial charge is 0.137 e. The van der Waals surface area contributed by atoms with Gasteiger partial charge in [0.25, 0.3) is 0 Å². The van der Waals surface area contributed by atoms with Crippen molar-refractivity contribution in [1.29, 1.82) is 0 Å². The molecule has 118 valence electrons. The molecular weight excluding hydrogens is 286 g/mol. The molecule has 0 bridgehead atoms. The molecule has 2 aromatic heterocycles. The van der Waals surface area contributed by atoms with Crippen molar-refractivity contribution < 1.29 is 4.74 Å². The van der Waals surface area contributed by atoms with Crippen LogP contribution in [0.3, 0.4) is 0 Å². The Bertz CT molecular complexity index is 818. The van der Waals surface area contributed by atoms with Crippen LogP contribution < -0.4 is 10.1 Å². The van der Waals surface area contributed by atoms with Crippen molar-refractivity contribution in [3.05, 3.63) is 48.3 Å². The Labute approximate surface area is 135 Å². The van der Waals surface area contributed by atoms with Crippen LogP contribution in [-0.4, -0.2) is 30.2 Å². The van der Waals surface area contributed by atoms with E-state index >= 15 is 0 Å². The summed E-state index contributed by atoms with van der Waals surface area (Å²) in [6.07, 6.45) is 6.13. The van der Waals surface area contributed by atoms with Gasteiger partial charge in [-0.25, -0.2) is 4.98 Å². The van der Waals surface area contributed by atoms with Crippen molar-refractivity contribution in [3.63, 3.8) is 0 Å². The number of hydrogen-bond donors (Lipinski definition) is 2. The van der Waals surface area contributed by atoms with Crippen LogP contribution in [0.5, 0.6) is 5.75 Å². The molecule has 4 nitrogen and oxygen atoms in total. The maximum atomic E-state index is 5.71. The zero-order valence-electron chi connectivity index (χ0n) is 13.3. The summed E-state index contributed by atoms with van der Waals surface area (Å²) in [6.45, 7) is 2.17. The largest absolute Gasteiger partial charge is 0.496 e. The number of pyridine rings is 1. The van der Waals surface area contributed by atoms with Gasteiger partial charge in [0.15, 0.2) is 0 Å². The molecule has 0 saturated carbocycles. The van der Waals surface area contributed by atoms with Crippen LogP contribution in [0.1, 0.15) is 24.3 Å². The lowest BCUT2D eigenvalue weighted by molar-refractivity contribution is 0.392. The van der Waals surface area contributed by atoms with E-state index in [9.17, 15) is 0 Å². The van der Waals surface area contributed by atoms with Gasteiger partial charge in [-0.05, 0) is 66.7 Å². The molecule has 2 N–H and O–H groups in total. The van der Waals surface area contributed by atoms with E-state index in [4.69, 9.17) is 4.74 Å². The summed E-state index contributed by atoms with van der Waals surface area (Å²) in [7, 11) is 1.77. The van der Waals surface area contributed by atoms with E-state index in [0.717, 1.165) is 29.9 Å². The number of nitrogens with one attached hydrogen (secondary N) is 2. The van der Waals surface area contributed by atoms with E-state index in [1.165, 1.54) is 29.5 Å². The van der Waals surface area contributed by atoms with Crippen molar-refractivity contribution in [2.45, 2.75) is 18.8 Å². The summed E-state index contributed by atoms with van der Waals surface area (Å²) in [4.78, 5) is 7.54. The normalized spacial score (nSPS) is 15.9. The average molecular weight is 307 g/mol. The van der Waals surface area contributed by atoms with Gasteiger partial charge < -0.3 is 15.0 Å². The molecule has 4 rings (SSSR count). The van der Waals surface area contributed by atoms with Gasteiger partial charge in [-0.3, -0.25) is 0 Å². The van der Waals surface area contributed by atoms with Gasteiger partial charge in [0, 0.05) is 17.8 Å². The second-order valence-corrected chi connectivity index (χ2v) is 6.08. The Kier molecular flexibility index (Phi) is 3.75. The highest BCUT2D eigenvalue weighted by Crippen LogP contribution is 2.37. The number of piperidine rings is 1. The molecule has 1 aromatic carbocycles. The molecule has 1 aliphatic rings. The fourth-order valence-electron chi connectivity index (χ4n) is 3.56. The lowest BCUT2D eigenvalue weighted by atomic mass is 9.88. The fraction of sp³-hybridized carbons (Fsp3) is 0.316. The molecule has 0 amide bonds. The number of ether oxygens (including phenoxy) is 1. The summed E-state index contributed by atoms with van der Waals surface area (Å²) < 4.78 is 5.71. The second-order valence-electron chi connectivity index (χ2n) is 6.08. The number of aromatic amines is 1. The predicted octanol–water partition coefficient (Wildman–Crippen LogP) is 3.71. The highest BCUT2D eigenvalue weighted by atomic mass is 16.5. The topological polar surface area (TPSA) is 49.9 Å². The summed E-state index contributed by atoms with van der Waals surface area (Å²) in [5.74, 6) is 1.58. The lowest BCUT2D eigenvalue weighted by Crippen LogP contribution is -2.26. The standard InChI is InChI=1S/C19H21N3O/c1-23-18-12-14(2-3-16(18)13-4-8-20-9-5-13)15-6-10-21-19-17(15)7-11-22-19/h2-3,6-7,10-13,20H,4-5,8-9H2,1H3,(H,21,22). The molecule has 0 atom stereocenters. The third kappa shape index (κ3) is 2.59. The number of benzene rings is 1. The van der Waals surface area contributed by atoms with Crippen LogP contribution in [0.25, 0.3) is 22.2 Å². The van der Waals surface area contributed by atoms with E-state index in [1.54, 1.807) is 7.11 Å². The maximum Gasteiger partial charge on any atom is 0.137 e. The van der Waals surface area contributed by atoms with Crippen molar-refractivity contribution in [2.24, 2.45) is 0 Å². The minimum Gasteiger partial charge on any atom is -0.496 e. The van der Waals surface area contributed by atoms with Gasteiger partial charge in [0.05, 0.1) is 7.11 Å². The predicted molar refractivity (Wildman–Crippen MR) is 92.9 cm³/mol. The van der Waals surface area contributed by atoms with Gasteiger partial charge in [0.1, 0.15) is 11.4 Å². The van der Waals surface area contributed by atoms with Gasteiger partial charge in [0.2, 0.25) is 0 Å². The number of nitrogens with zero attached hydrogens (tertiary/aromatic N) is 1. The zero-order valence-corrected chi connectivity index (χ0v) is 13.3. The molecule has 0 radical (unpaired) electrons. The first-order valence-electron chi connectivity index (χ1n) is 8.18. The van der Waals surface area contributed by atoms with Crippen LogP contribution in [0.2, 0.25) is 0 Å². The summed E-state index contributed by atoms with van der Waals surface area (Å²) in [5.41, 5.74) is 4.61. The molecule has 0 aliphatic carbocycles. The number of H-pyrrole nitrogens is 1. The Balaban J connectivity index is 1.77. The Morgan fingerprint density at radius 3 is 2.83 bits per heavy atom. The van der Waals surface area contributed by atoms with Gasteiger partial charge in [-0.1, -0.05) is 12.1 Å². The third-order valence-electron chi connectivity index (χ3n) is 4.78. The van der Waals surface area contributed by atoms with Crippen LogP contribution in [0, 0.1) is 0 Å². The molecule has 3 aromatic rings. The molecule has 1 saturated heterocycles. The van der Waals surface area contributed by atoms with Gasteiger partial charge >= 0.3 is 0 Å². The summed E-state index contributed by atoms with van der Waals surface area (Å²) in [6, 6.07) is 10.8.